The molecule has 6 heteroatoms. The number of hydrogen-bond donors (Lipinski definition) is 0. The van der Waals surface area contributed by atoms with Crippen molar-refractivity contribution >= 4 is 121 Å². The predicted octanol–water partition coefficient (Wildman–Crippen LogP) is 16.3. The van der Waals surface area contributed by atoms with E-state index < -0.39 is 0 Å². The molecule has 3 aromatic heterocycles. The molecule has 0 amide bonds. The Bertz CT molecular complexity index is 3480. The highest BCUT2D eigenvalue weighted by atomic mass is 32.1. The molecule has 0 aliphatic carbocycles. The van der Waals surface area contributed by atoms with Crippen molar-refractivity contribution in [3.05, 3.63) is 173 Å². The van der Waals surface area contributed by atoms with Crippen LogP contribution in [0.25, 0.3) is 51.1 Å². The minimum absolute atomic E-state index is 0.00509. The molecular weight excluding hydrogens is 844 g/mol. The van der Waals surface area contributed by atoms with Gasteiger partial charge in [0.2, 0.25) is 0 Å². The first kappa shape index (κ1) is 40.6. The molecule has 0 bridgehead atoms. The summed E-state index contributed by atoms with van der Waals surface area (Å²) in [5.41, 5.74) is 19.5. The standard InChI is InChI=1S/C59H51BN2S3/c1-34-26-47-55-48(27-34)62(56-35(2)28-42(29-36(56)3)59(7,8)9)57-54(44-33-41(58(4,5)6)21-25-51(44)65-57)60(55)45-30-40(53-32-39-15-11-13-17-50(39)64-53)20-24-46(45)61(47)43-22-18-37(19-23-43)52-31-38-14-10-12-16-49(38)63-52/h10-33H,1-9H3. The highest BCUT2D eigenvalue weighted by Crippen LogP contribution is 2.51. The summed E-state index contributed by atoms with van der Waals surface area (Å²) in [5, 5.41) is 5.29. The van der Waals surface area contributed by atoms with Crippen molar-refractivity contribution in [2.24, 2.45) is 0 Å². The Kier molecular flexibility index (Phi) is 9.08. The topological polar surface area (TPSA) is 6.48 Å². The van der Waals surface area contributed by atoms with E-state index in [-0.39, 0.29) is 17.5 Å². The first-order valence-electron chi connectivity index (χ1n) is 22.8. The minimum Gasteiger partial charge on any atom is -0.311 e. The van der Waals surface area contributed by atoms with E-state index in [2.05, 4.69) is 218 Å². The molecule has 10 aromatic rings. The highest BCUT2D eigenvalue weighted by Gasteiger charge is 2.46. The first-order chi connectivity index (χ1) is 31.2. The molecule has 2 aliphatic rings. The number of nitrogens with zero attached hydrogens (tertiary/aromatic N) is 2. The monoisotopic (exact) mass is 894 g/mol. The molecule has 5 heterocycles. The molecule has 0 saturated carbocycles. The summed E-state index contributed by atoms with van der Waals surface area (Å²) < 4.78 is 3.98. The largest absolute Gasteiger partial charge is 0.311 e. The quantitative estimate of drug-likeness (QED) is 0.162. The van der Waals surface area contributed by atoms with Crippen LogP contribution in [0.15, 0.2) is 146 Å². The van der Waals surface area contributed by atoms with Crippen LogP contribution in [-0.4, -0.2) is 6.71 Å². The molecule has 7 aromatic carbocycles. The lowest BCUT2D eigenvalue weighted by Crippen LogP contribution is -2.61. The van der Waals surface area contributed by atoms with Gasteiger partial charge in [0.25, 0.3) is 6.71 Å². The molecule has 65 heavy (non-hydrogen) atoms. The Balaban J connectivity index is 1.15. The number of thiophene rings is 3. The molecule has 12 rings (SSSR count). The molecule has 0 spiro atoms. The van der Waals surface area contributed by atoms with Gasteiger partial charge < -0.3 is 9.80 Å². The molecule has 2 aliphatic heterocycles. The lowest BCUT2D eigenvalue weighted by molar-refractivity contribution is 0.589. The first-order valence-corrected chi connectivity index (χ1v) is 25.3. The normalized spacial score (nSPS) is 13.5. The van der Waals surface area contributed by atoms with Crippen LogP contribution in [0.5, 0.6) is 0 Å². The van der Waals surface area contributed by atoms with Crippen molar-refractivity contribution in [1.29, 1.82) is 0 Å². The van der Waals surface area contributed by atoms with Crippen LogP contribution in [0.1, 0.15) is 69.4 Å². The zero-order chi connectivity index (χ0) is 44.7. The van der Waals surface area contributed by atoms with Crippen molar-refractivity contribution in [2.45, 2.75) is 73.1 Å². The second-order valence-corrected chi connectivity index (χ2v) is 23.6. The Morgan fingerprint density at radius 1 is 0.462 bits per heavy atom. The number of benzene rings is 7. The van der Waals surface area contributed by atoms with Gasteiger partial charge in [0, 0.05) is 46.6 Å². The fourth-order valence-electron chi connectivity index (χ4n) is 10.5. The summed E-state index contributed by atoms with van der Waals surface area (Å²) in [6, 6.07) is 56.0. The molecular formula is C59H51BN2S3. The summed E-state index contributed by atoms with van der Waals surface area (Å²) in [4.78, 5) is 7.83. The molecule has 2 nitrogen and oxygen atoms in total. The van der Waals surface area contributed by atoms with Gasteiger partial charge in [0.1, 0.15) is 0 Å². The third kappa shape index (κ3) is 6.47. The van der Waals surface area contributed by atoms with Gasteiger partial charge in [-0.3, -0.25) is 0 Å². The van der Waals surface area contributed by atoms with E-state index in [1.165, 1.54) is 129 Å². The van der Waals surface area contributed by atoms with Crippen LogP contribution < -0.4 is 26.2 Å². The van der Waals surface area contributed by atoms with Gasteiger partial charge in [-0.25, -0.2) is 0 Å². The van der Waals surface area contributed by atoms with Crippen molar-refractivity contribution in [2.75, 3.05) is 9.80 Å². The lowest BCUT2D eigenvalue weighted by Gasteiger charge is -2.44. The van der Waals surface area contributed by atoms with Gasteiger partial charge >= 0.3 is 0 Å². The number of fused-ring (bicyclic) bond motifs is 8. The van der Waals surface area contributed by atoms with Crippen LogP contribution in [-0.2, 0) is 10.8 Å². The molecule has 0 atom stereocenters. The van der Waals surface area contributed by atoms with Gasteiger partial charge in [0.05, 0.1) is 10.7 Å². The average Bonchev–Trinajstić information content (AvgIpc) is 4.01. The fraction of sp³-hybridized carbons (Fsp3) is 0.186. The molecule has 0 unspecified atom stereocenters. The van der Waals surface area contributed by atoms with Crippen molar-refractivity contribution in [3.8, 4) is 20.9 Å². The van der Waals surface area contributed by atoms with Crippen molar-refractivity contribution in [1.82, 2.24) is 0 Å². The Morgan fingerprint density at radius 3 is 1.66 bits per heavy atom. The maximum absolute atomic E-state index is 2.67. The van der Waals surface area contributed by atoms with Gasteiger partial charge in [-0.05, 0) is 164 Å². The molecule has 0 N–H and O–H groups in total. The molecule has 0 saturated heterocycles. The van der Waals surface area contributed by atoms with Gasteiger partial charge in [0.15, 0.2) is 0 Å². The van der Waals surface area contributed by atoms with Gasteiger partial charge in [-0.2, -0.15) is 0 Å². The van der Waals surface area contributed by atoms with Crippen LogP contribution in [0.2, 0.25) is 0 Å². The van der Waals surface area contributed by atoms with Crippen LogP contribution in [0.3, 0.4) is 0 Å². The summed E-state index contributed by atoms with van der Waals surface area (Å²) in [5.74, 6) is 0. The maximum atomic E-state index is 2.67. The van der Waals surface area contributed by atoms with E-state index in [4.69, 9.17) is 0 Å². The number of anilines is 6. The highest BCUT2D eigenvalue weighted by molar-refractivity contribution is 7.27. The second kappa shape index (κ2) is 14.5. The summed E-state index contributed by atoms with van der Waals surface area (Å²) in [6.45, 7) is 21.0. The fourth-order valence-corrected chi connectivity index (χ4v) is 13.9. The Labute approximate surface area is 395 Å². The minimum atomic E-state index is 0.00509. The van der Waals surface area contributed by atoms with E-state index >= 15 is 0 Å². The van der Waals surface area contributed by atoms with E-state index in [9.17, 15) is 0 Å². The lowest BCUT2D eigenvalue weighted by atomic mass is 9.33. The summed E-state index contributed by atoms with van der Waals surface area (Å²) in [7, 11) is 0. The molecule has 318 valence electrons. The number of rotatable bonds is 4. The number of aryl methyl sites for hydroxylation is 3. The Hall–Kier alpha value is -5.92. The Morgan fingerprint density at radius 2 is 1.05 bits per heavy atom. The van der Waals surface area contributed by atoms with Crippen molar-refractivity contribution in [3.63, 3.8) is 0 Å². The number of hydrogen-bond acceptors (Lipinski definition) is 5. The third-order valence-corrected chi connectivity index (χ3v) is 17.3. The van der Waals surface area contributed by atoms with Crippen molar-refractivity contribution < 1.29 is 0 Å². The van der Waals surface area contributed by atoms with Crippen LogP contribution in [0.4, 0.5) is 33.4 Å². The van der Waals surface area contributed by atoms with Gasteiger partial charge in [-0.1, -0.05) is 126 Å². The molecule has 0 radical (unpaired) electrons. The predicted molar refractivity (Wildman–Crippen MR) is 289 cm³/mol. The maximum Gasteiger partial charge on any atom is 0.254 e. The summed E-state index contributed by atoms with van der Waals surface area (Å²) in [6.07, 6.45) is 0. The SMILES string of the molecule is Cc1cc2c3c(c1)N(c1c(C)cc(C(C)(C)C)cc1C)c1sc4ccc(C(C)(C)C)cc4c1B3c1cc(-c3cc4ccccc4s3)ccc1N2c1ccc(-c2cc3ccccc3s2)cc1. The van der Waals surface area contributed by atoms with Gasteiger partial charge in [-0.15, -0.1) is 34.0 Å². The zero-order valence-corrected chi connectivity index (χ0v) is 41.0. The van der Waals surface area contributed by atoms with E-state index in [1.807, 2.05) is 34.0 Å². The summed E-state index contributed by atoms with van der Waals surface area (Å²) >= 11 is 5.72. The van der Waals surface area contributed by atoms with Crippen LogP contribution in [0, 0.1) is 20.8 Å². The van der Waals surface area contributed by atoms with E-state index in [0.717, 1.165) is 0 Å². The average molecular weight is 895 g/mol. The van der Waals surface area contributed by atoms with Crippen LogP contribution >= 0.6 is 34.0 Å². The second-order valence-electron chi connectivity index (χ2n) is 20.4. The van der Waals surface area contributed by atoms with E-state index in [0.29, 0.717) is 0 Å². The molecule has 0 fully saturated rings. The smallest absolute Gasteiger partial charge is 0.254 e. The third-order valence-electron chi connectivity index (χ3n) is 13.8. The zero-order valence-electron chi connectivity index (χ0n) is 38.6. The van der Waals surface area contributed by atoms with E-state index in [1.54, 1.807) is 0 Å².